The van der Waals surface area contributed by atoms with Gasteiger partial charge in [0.05, 0.1) is 28.9 Å². The third-order valence-corrected chi connectivity index (χ3v) is 3.71. The number of benzene rings is 1. The van der Waals surface area contributed by atoms with Crippen molar-refractivity contribution in [2.24, 2.45) is 0 Å². The van der Waals surface area contributed by atoms with Gasteiger partial charge in [-0.2, -0.15) is 0 Å². The van der Waals surface area contributed by atoms with Gasteiger partial charge in [-0.1, -0.05) is 18.5 Å². The van der Waals surface area contributed by atoms with Crippen LogP contribution in [-0.4, -0.2) is 31.3 Å². The lowest BCUT2D eigenvalue weighted by molar-refractivity contribution is -0.139. The highest BCUT2D eigenvalue weighted by atomic mass is 35.5. The average molecular weight is 357 g/mol. The van der Waals surface area contributed by atoms with E-state index in [0.29, 0.717) is 17.7 Å². The van der Waals surface area contributed by atoms with E-state index >= 15 is 0 Å². The van der Waals surface area contributed by atoms with E-state index in [4.69, 9.17) is 21.1 Å². The van der Waals surface area contributed by atoms with E-state index in [1.54, 1.807) is 6.92 Å². The van der Waals surface area contributed by atoms with Crippen molar-refractivity contribution in [2.75, 3.05) is 13.2 Å². The van der Waals surface area contributed by atoms with Gasteiger partial charge >= 0.3 is 12.0 Å². The highest BCUT2D eigenvalue weighted by Gasteiger charge is 2.31. The van der Waals surface area contributed by atoms with Crippen LogP contribution in [0.5, 0.6) is 5.75 Å². The maximum absolute atomic E-state index is 13.1. The summed E-state index contributed by atoms with van der Waals surface area (Å²) in [5, 5.41) is 5.32. The van der Waals surface area contributed by atoms with Gasteiger partial charge in [0.2, 0.25) is 0 Å². The van der Waals surface area contributed by atoms with Crippen molar-refractivity contribution in [1.82, 2.24) is 10.6 Å². The number of esters is 1. The summed E-state index contributed by atoms with van der Waals surface area (Å²) in [6, 6.07) is 2.80. The Morgan fingerprint density at radius 1 is 1.38 bits per heavy atom. The van der Waals surface area contributed by atoms with Gasteiger partial charge in [-0.25, -0.2) is 14.0 Å². The van der Waals surface area contributed by atoms with Crippen molar-refractivity contribution in [3.63, 3.8) is 0 Å². The first-order chi connectivity index (χ1) is 11.5. The second kappa shape index (κ2) is 8.01. The summed E-state index contributed by atoms with van der Waals surface area (Å²) in [6.07, 6.45) is 0.516. The Morgan fingerprint density at radius 3 is 2.75 bits per heavy atom. The fraction of sp³-hybridized carbons (Fsp3) is 0.375. The molecule has 0 fully saturated rings. The van der Waals surface area contributed by atoms with E-state index in [2.05, 4.69) is 10.6 Å². The summed E-state index contributed by atoms with van der Waals surface area (Å²) in [4.78, 5) is 24.0. The molecular formula is C16H18ClFN2O4. The predicted octanol–water partition coefficient (Wildman–Crippen LogP) is 2.77. The summed E-state index contributed by atoms with van der Waals surface area (Å²) in [5.41, 5.74) is 0.599. The zero-order valence-electron chi connectivity index (χ0n) is 13.3. The van der Waals surface area contributed by atoms with Crippen molar-refractivity contribution in [3.05, 3.63) is 40.3 Å². The molecule has 0 aromatic heterocycles. The first-order valence-electron chi connectivity index (χ1n) is 7.51. The third kappa shape index (κ3) is 4.17. The minimum atomic E-state index is -0.527. The maximum atomic E-state index is 13.1. The Hall–Kier alpha value is -2.28. The Morgan fingerprint density at radius 2 is 2.12 bits per heavy atom. The van der Waals surface area contributed by atoms with Crippen LogP contribution in [-0.2, 0) is 9.53 Å². The minimum Gasteiger partial charge on any atom is -0.486 e. The van der Waals surface area contributed by atoms with Gasteiger partial charge in [0.15, 0.2) is 0 Å². The van der Waals surface area contributed by atoms with Gasteiger partial charge < -0.3 is 20.1 Å². The molecule has 0 saturated heterocycles. The number of urea groups is 1. The third-order valence-electron chi connectivity index (χ3n) is 3.41. The molecule has 2 amide bonds. The summed E-state index contributed by atoms with van der Waals surface area (Å²) >= 11 is 5.91. The van der Waals surface area contributed by atoms with Crippen molar-refractivity contribution < 1.29 is 23.5 Å². The predicted molar refractivity (Wildman–Crippen MR) is 86.3 cm³/mol. The summed E-state index contributed by atoms with van der Waals surface area (Å²) < 4.78 is 23.6. The van der Waals surface area contributed by atoms with Crippen molar-refractivity contribution in [3.8, 4) is 5.75 Å². The van der Waals surface area contributed by atoms with Gasteiger partial charge in [-0.15, -0.1) is 0 Å². The zero-order chi connectivity index (χ0) is 17.7. The van der Waals surface area contributed by atoms with E-state index in [1.165, 1.54) is 12.1 Å². The van der Waals surface area contributed by atoms with Crippen molar-refractivity contribution >= 4 is 23.6 Å². The van der Waals surface area contributed by atoms with Gasteiger partial charge in [0.1, 0.15) is 18.2 Å². The molecule has 2 rings (SSSR count). The molecular weight excluding hydrogens is 339 g/mol. The SMILES string of the molecule is CCOC(=O)C1=C(COc2ccc(F)cc2Cl)NC(=O)NC1CC. The van der Waals surface area contributed by atoms with Crippen LogP contribution >= 0.6 is 11.6 Å². The van der Waals surface area contributed by atoms with E-state index in [0.717, 1.165) is 6.07 Å². The molecule has 2 N–H and O–H groups in total. The molecule has 0 bridgehead atoms. The van der Waals surface area contributed by atoms with Crippen LogP contribution in [0.15, 0.2) is 29.5 Å². The van der Waals surface area contributed by atoms with Crippen LogP contribution in [0.3, 0.4) is 0 Å². The zero-order valence-corrected chi connectivity index (χ0v) is 14.1. The summed E-state index contributed by atoms with van der Waals surface area (Å²) in [5.74, 6) is -0.768. The lowest BCUT2D eigenvalue weighted by Crippen LogP contribution is -2.51. The van der Waals surface area contributed by atoms with Gasteiger partial charge in [-0.3, -0.25) is 0 Å². The molecule has 130 valence electrons. The molecule has 0 radical (unpaired) electrons. The fourth-order valence-corrected chi connectivity index (χ4v) is 2.54. The Kier molecular flexibility index (Phi) is 6.03. The molecule has 0 spiro atoms. The molecule has 8 heteroatoms. The number of rotatable bonds is 6. The smallest absolute Gasteiger partial charge is 0.338 e. The monoisotopic (exact) mass is 356 g/mol. The molecule has 6 nitrogen and oxygen atoms in total. The molecule has 0 aliphatic carbocycles. The number of hydrogen-bond acceptors (Lipinski definition) is 4. The second-order valence-electron chi connectivity index (χ2n) is 5.04. The summed E-state index contributed by atoms with van der Waals surface area (Å²) in [7, 11) is 0. The largest absolute Gasteiger partial charge is 0.486 e. The Labute approximate surface area is 144 Å². The molecule has 1 heterocycles. The Balaban J connectivity index is 2.26. The quantitative estimate of drug-likeness (QED) is 0.768. The van der Waals surface area contributed by atoms with Crippen LogP contribution in [0.2, 0.25) is 5.02 Å². The molecule has 1 aliphatic rings. The maximum Gasteiger partial charge on any atom is 0.338 e. The molecule has 1 aliphatic heterocycles. The number of amides is 2. The van der Waals surface area contributed by atoms with Crippen molar-refractivity contribution in [2.45, 2.75) is 26.3 Å². The standard InChI is InChI=1S/C16H18ClFN2O4/c1-3-11-14(15(21)23-4-2)12(20-16(22)19-11)8-24-13-6-5-9(18)7-10(13)17/h5-7,11H,3-4,8H2,1-2H3,(H2,19,20,22). The molecule has 0 saturated carbocycles. The lowest BCUT2D eigenvalue weighted by atomic mass is 10.0. The van der Waals surface area contributed by atoms with Gasteiger partial charge in [-0.05, 0) is 31.5 Å². The van der Waals surface area contributed by atoms with Gasteiger partial charge in [0.25, 0.3) is 0 Å². The fourth-order valence-electron chi connectivity index (χ4n) is 2.32. The average Bonchev–Trinajstić information content (AvgIpc) is 2.53. The van der Waals surface area contributed by atoms with Crippen LogP contribution in [0.4, 0.5) is 9.18 Å². The number of ether oxygens (including phenoxy) is 2. The minimum absolute atomic E-state index is 0.0978. The topological polar surface area (TPSA) is 76.7 Å². The number of halogens is 2. The van der Waals surface area contributed by atoms with E-state index in [-0.39, 0.29) is 24.0 Å². The molecule has 24 heavy (non-hydrogen) atoms. The van der Waals surface area contributed by atoms with E-state index in [1.807, 2.05) is 6.92 Å². The number of hydrogen-bond donors (Lipinski definition) is 2. The molecule has 1 unspecified atom stereocenters. The Bertz CT molecular complexity index is 678. The van der Waals surface area contributed by atoms with E-state index in [9.17, 15) is 14.0 Å². The molecule has 1 aromatic carbocycles. The van der Waals surface area contributed by atoms with E-state index < -0.39 is 23.9 Å². The van der Waals surface area contributed by atoms with Gasteiger partial charge in [0, 0.05) is 0 Å². The van der Waals surface area contributed by atoms with Crippen LogP contribution in [0.25, 0.3) is 0 Å². The molecule has 1 aromatic rings. The van der Waals surface area contributed by atoms with Crippen LogP contribution in [0, 0.1) is 5.82 Å². The highest BCUT2D eigenvalue weighted by molar-refractivity contribution is 6.32. The second-order valence-corrected chi connectivity index (χ2v) is 5.44. The lowest BCUT2D eigenvalue weighted by Gasteiger charge is -2.28. The van der Waals surface area contributed by atoms with Crippen LogP contribution in [0.1, 0.15) is 20.3 Å². The first kappa shape index (κ1) is 18.1. The molecule has 1 atom stereocenters. The van der Waals surface area contributed by atoms with Crippen molar-refractivity contribution in [1.29, 1.82) is 0 Å². The summed E-state index contributed by atoms with van der Waals surface area (Å²) in [6.45, 7) is 3.64. The number of nitrogens with one attached hydrogen (secondary N) is 2. The number of carbonyl (C=O) groups is 2. The number of carbonyl (C=O) groups excluding carboxylic acids is 2. The normalized spacial score (nSPS) is 17.2. The first-order valence-corrected chi connectivity index (χ1v) is 7.89. The highest BCUT2D eigenvalue weighted by Crippen LogP contribution is 2.26. The van der Waals surface area contributed by atoms with Crippen LogP contribution < -0.4 is 15.4 Å².